The van der Waals surface area contributed by atoms with E-state index in [1.54, 1.807) is 24.0 Å². The quantitative estimate of drug-likeness (QED) is 0.254. The van der Waals surface area contributed by atoms with Gasteiger partial charge in [0.2, 0.25) is 11.8 Å². The zero-order valence-electron chi connectivity index (χ0n) is 26.8. The van der Waals surface area contributed by atoms with Crippen LogP contribution in [0, 0.1) is 11.3 Å². The SMILES string of the molecule is CCNC(=O)[C@H](NC(=O)C1(c2ccc3nc([C@H](CC4CCCCC4)NC(=O)c4ccnn4C)[nH]c3c2)CCOC1)C1(C)CCC1. The number of H-pyrrole nitrogens is 1. The Morgan fingerprint density at radius 2 is 1.89 bits per heavy atom. The lowest BCUT2D eigenvalue weighted by Gasteiger charge is -2.45. The van der Waals surface area contributed by atoms with Crippen molar-refractivity contribution in [3.63, 3.8) is 0 Å². The zero-order valence-corrected chi connectivity index (χ0v) is 26.8. The van der Waals surface area contributed by atoms with E-state index in [1.165, 1.54) is 19.3 Å². The van der Waals surface area contributed by atoms with Crippen molar-refractivity contribution in [2.75, 3.05) is 19.8 Å². The van der Waals surface area contributed by atoms with E-state index >= 15 is 0 Å². The molecule has 1 aliphatic heterocycles. The number of aromatic nitrogens is 4. The van der Waals surface area contributed by atoms with Crippen molar-refractivity contribution in [1.29, 1.82) is 0 Å². The normalized spacial score (nSPS) is 22.8. The van der Waals surface area contributed by atoms with Gasteiger partial charge in [0.05, 0.1) is 29.1 Å². The molecular weight excluding hydrogens is 570 g/mol. The number of fused-ring (bicyclic) bond motifs is 1. The van der Waals surface area contributed by atoms with Crippen LogP contribution in [-0.2, 0) is 26.8 Å². The molecule has 45 heavy (non-hydrogen) atoms. The van der Waals surface area contributed by atoms with Gasteiger partial charge in [-0.15, -0.1) is 0 Å². The van der Waals surface area contributed by atoms with Crippen molar-refractivity contribution in [1.82, 2.24) is 35.7 Å². The molecule has 3 aromatic rings. The lowest BCUT2D eigenvalue weighted by molar-refractivity contribution is -0.136. The molecule has 1 unspecified atom stereocenters. The molecule has 3 heterocycles. The Labute approximate surface area is 264 Å². The minimum atomic E-state index is -0.917. The highest BCUT2D eigenvalue weighted by Gasteiger charge is 2.49. The van der Waals surface area contributed by atoms with Gasteiger partial charge >= 0.3 is 0 Å². The van der Waals surface area contributed by atoms with E-state index in [0.717, 1.165) is 55.1 Å². The van der Waals surface area contributed by atoms with Crippen LogP contribution in [0.15, 0.2) is 30.5 Å². The van der Waals surface area contributed by atoms with Crippen LogP contribution in [-0.4, -0.2) is 63.3 Å². The number of aryl methyl sites for hydroxylation is 1. The minimum absolute atomic E-state index is 0.132. The van der Waals surface area contributed by atoms with E-state index in [4.69, 9.17) is 9.72 Å². The monoisotopic (exact) mass is 617 g/mol. The third kappa shape index (κ3) is 6.23. The van der Waals surface area contributed by atoms with Crippen LogP contribution in [0.5, 0.6) is 0 Å². The summed E-state index contributed by atoms with van der Waals surface area (Å²) in [4.78, 5) is 49.0. The Hall–Kier alpha value is -3.73. The summed E-state index contributed by atoms with van der Waals surface area (Å²) in [7, 11) is 1.76. The summed E-state index contributed by atoms with van der Waals surface area (Å²) in [6, 6.07) is 6.72. The number of amides is 3. The summed E-state index contributed by atoms with van der Waals surface area (Å²) in [5.41, 5.74) is 1.73. The van der Waals surface area contributed by atoms with Gasteiger partial charge < -0.3 is 25.7 Å². The number of nitrogens with one attached hydrogen (secondary N) is 4. The third-order valence-corrected chi connectivity index (χ3v) is 10.6. The number of imidazole rings is 1. The van der Waals surface area contributed by atoms with E-state index in [9.17, 15) is 14.4 Å². The van der Waals surface area contributed by atoms with Crippen molar-refractivity contribution in [2.45, 2.75) is 95.6 Å². The maximum atomic E-state index is 14.2. The summed E-state index contributed by atoms with van der Waals surface area (Å²) in [5, 5.41) is 13.5. The summed E-state index contributed by atoms with van der Waals surface area (Å²) in [6.45, 7) is 5.20. The molecule has 0 radical (unpaired) electrons. The molecule has 2 aliphatic carbocycles. The number of aromatic amines is 1. The Morgan fingerprint density at radius 3 is 2.53 bits per heavy atom. The first kappa shape index (κ1) is 31.3. The molecular formula is C34H47N7O4. The summed E-state index contributed by atoms with van der Waals surface area (Å²) in [5.74, 6) is 0.725. The molecule has 11 heteroatoms. The van der Waals surface area contributed by atoms with Crippen LogP contribution in [0.2, 0.25) is 0 Å². The Bertz CT molecular complexity index is 1530. The Kier molecular flexibility index (Phi) is 8.99. The van der Waals surface area contributed by atoms with E-state index in [2.05, 4.69) is 33.0 Å². The summed E-state index contributed by atoms with van der Waals surface area (Å²) >= 11 is 0. The van der Waals surface area contributed by atoms with Gasteiger partial charge in [-0.25, -0.2) is 4.98 Å². The first-order chi connectivity index (χ1) is 21.7. The van der Waals surface area contributed by atoms with Crippen molar-refractivity contribution in [2.24, 2.45) is 18.4 Å². The second-order valence-corrected chi connectivity index (χ2v) is 13.7. The molecule has 4 N–H and O–H groups in total. The number of nitrogens with zero attached hydrogens (tertiary/aromatic N) is 3. The molecule has 1 aromatic carbocycles. The molecule has 11 nitrogen and oxygen atoms in total. The molecule has 0 spiro atoms. The van der Waals surface area contributed by atoms with Crippen LogP contribution < -0.4 is 16.0 Å². The third-order valence-electron chi connectivity index (χ3n) is 10.6. The molecule has 3 amide bonds. The first-order valence-corrected chi connectivity index (χ1v) is 16.7. The minimum Gasteiger partial charge on any atom is -0.380 e. The number of hydrogen-bond acceptors (Lipinski definition) is 6. The van der Waals surface area contributed by atoms with Crippen molar-refractivity contribution in [3.8, 4) is 0 Å². The summed E-state index contributed by atoms with van der Waals surface area (Å²) < 4.78 is 7.42. The van der Waals surface area contributed by atoms with Gasteiger partial charge in [-0.3, -0.25) is 19.1 Å². The van der Waals surface area contributed by atoms with Crippen LogP contribution >= 0.6 is 0 Å². The fourth-order valence-electron chi connectivity index (χ4n) is 7.54. The average Bonchev–Trinajstić information content (AvgIpc) is 3.78. The van der Waals surface area contributed by atoms with Crippen LogP contribution in [0.25, 0.3) is 11.0 Å². The zero-order chi connectivity index (χ0) is 31.6. The molecule has 1 saturated heterocycles. The smallest absolute Gasteiger partial charge is 0.270 e. The second-order valence-electron chi connectivity index (χ2n) is 13.7. The Balaban J connectivity index is 1.28. The van der Waals surface area contributed by atoms with Gasteiger partial charge in [0, 0.05) is 26.4 Å². The number of benzene rings is 1. The molecule has 2 saturated carbocycles. The second kappa shape index (κ2) is 12.9. The fraction of sp³-hybridized carbons (Fsp3) is 0.618. The van der Waals surface area contributed by atoms with Crippen LogP contribution in [0.4, 0.5) is 0 Å². The summed E-state index contributed by atoms with van der Waals surface area (Å²) in [6.07, 6.45) is 11.8. The maximum Gasteiger partial charge on any atom is 0.270 e. The standard InChI is InChI=1S/C34H47N7O4/c1-4-35-31(43)28(33(2)14-8-15-33)40-32(44)34(16-18-45-21-34)23-11-12-24-25(20-23)38-29(37-24)26(19-22-9-6-5-7-10-22)39-30(42)27-13-17-36-41(27)3/h11-13,17,20,22,26,28H,4-10,14-16,18-19,21H2,1-3H3,(H,35,43)(H,37,38)(H,39,42)(H,40,44)/t26-,28-,34?/m0/s1. The van der Waals surface area contributed by atoms with Gasteiger partial charge in [0.25, 0.3) is 5.91 Å². The van der Waals surface area contributed by atoms with Gasteiger partial charge in [-0.1, -0.05) is 51.5 Å². The number of hydrogen-bond donors (Lipinski definition) is 4. The average molecular weight is 618 g/mol. The molecule has 6 rings (SSSR count). The van der Waals surface area contributed by atoms with Crippen LogP contribution in [0.3, 0.4) is 0 Å². The lowest BCUT2D eigenvalue weighted by Crippen LogP contribution is -2.61. The van der Waals surface area contributed by atoms with E-state index in [-0.39, 0.29) is 35.8 Å². The molecule has 3 aliphatic rings. The highest BCUT2D eigenvalue weighted by Crippen LogP contribution is 2.44. The molecule has 3 atom stereocenters. The Morgan fingerprint density at radius 1 is 1.09 bits per heavy atom. The van der Waals surface area contributed by atoms with Gasteiger partial charge in [-0.05, 0) is 67.7 Å². The van der Waals surface area contributed by atoms with Gasteiger partial charge in [0.15, 0.2) is 0 Å². The van der Waals surface area contributed by atoms with Crippen molar-refractivity contribution < 1.29 is 19.1 Å². The highest BCUT2D eigenvalue weighted by molar-refractivity contribution is 5.95. The van der Waals surface area contributed by atoms with Crippen molar-refractivity contribution >= 4 is 28.8 Å². The number of ether oxygens (including phenoxy) is 1. The van der Waals surface area contributed by atoms with E-state index in [0.29, 0.717) is 37.0 Å². The van der Waals surface area contributed by atoms with Crippen molar-refractivity contribution in [3.05, 3.63) is 47.5 Å². The predicted molar refractivity (Wildman–Crippen MR) is 170 cm³/mol. The molecule has 0 bridgehead atoms. The number of carbonyl (C=O) groups excluding carboxylic acids is 3. The number of carbonyl (C=O) groups is 3. The largest absolute Gasteiger partial charge is 0.380 e. The van der Waals surface area contributed by atoms with Crippen LogP contribution in [0.1, 0.15) is 106 Å². The predicted octanol–water partition coefficient (Wildman–Crippen LogP) is 4.21. The number of likely N-dealkylation sites (N-methyl/N-ethyl adjacent to an activating group) is 1. The molecule has 242 valence electrons. The number of rotatable bonds is 11. The first-order valence-electron chi connectivity index (χ1n) is 16.7. The highest BCUT2D eigenvalue weighted by atomic mass is 16.5. The fourth-order valence-corrected chi connectivity index (χ4v) is 7.54. The van der Waals surface area contributed by atoms with E-state index in [1.807, 2.05) is 25.1 Å². The molecule has 2 aromatic heterocycles. The van der Waals surface area contributed by atoms with Gasteiger partial charge in [-0.2, -0.15) is 5.10 Å². The lowest BCUT2D eigenvalue weighted by atomic mass is 9.65. The maximum absolute atomic E-state index is 14.2. The van der Waals surface area contributed by atoms with Gasteiger partial charge in [0.1, 0.15) is 17.6 Å². The topological polar surface area (TPSA) is 143 Å². The van der Waals surface area contributed by atoms with E-state index < -0.39 is 11.5 Å². The molecule has 3 fully saturated rings.